The molecule has 2 aromatic carbocycles. The first kappa shape index (κ1) is 23.4. The molecule has 0 unspecified atom stereocenters. The van der Waals surface area contributed by atoms with Gasteiger partial charge in [-0.3, -0.25) is 19.3 Å². The number of nitrogens with zero attached hydrogens (tertiary/aromatic N) is 1. The monoisotopic (exact) mass is 454 g/mol. The lowest BCUT2D eigenvalue weighted by Crippen LogP contribution is -2.28. The first-order valence-corrected chi connectivity index (χ1v) is 11.2. The molecule has 1 saturated heterocycles. The van der Waals surface area contributed by atoms with Gasteiger partial charge in [-0.25, -0.2) is 0 Å². The van der Waals surface area contributed by atoms with Crippen molar-refractivity contribution in [1.29, 1.82) is 0 Å². The number of amides is 3. The van der Waals surface area contributed by atoms with Crippen LogP contribution in [0.4, 0.5) is 10.5 Å². The zero-order valence-corrected chi connectivity index (χ0v) is 19.2. The second kappa shape index (κ2) is 10.9. The minimum atomic E-state index is -0.287. The van der Waals surface area contributed by atoms with E-state index in [1.807, 2.05) is 31.2 Å². The summed E-state index contributed by atoms with van der Waals surface area (Å²) in [6.07, 6.45) is 3.30. The molecule has 3 rings (SSSR count). The lowest BCUT2D eigenvalue weighted by Gasteiger charge is -2.12. The van der Waals surface area contributed by atoms with Crippen molar-refractivity contribution < 1.29 is 23.9 Å². The second-order valence-electron chi connectivity index (χ2n) is 7.13. The third kappa shape index (κ3) is 5.70. The number of hydrogen-bond acceptors (Lipinski definition) is 6. The molecule has 8 heteroatoms. The number of thioether (sulfide) groups is 1. The third-order valence-electron chi connectivity index (χ3n) is 4.81. The van der Waals surface area contributed by atoms with Gasteiger partial charge < -0.3 is 14.8 Å². The first-order valence-electron chi connectivity index (χ1n) is 10.4. The molecule has 1 aliphatic heterocycles. The topological polar surface area (TPSA) is 84.9 Å². The summed E-state index contributed by atoms with van der Waals surface area (Å²) in [5.41, 5.74) is 2.59. The Morgan fingerprint density at radius 2 is 1.84 bits per heavy atom. The zero-order valence-electron chi connectivity index (χ0n) is 18.3. The maximum absolute atomic E-state index is 12.4. The molecule has 2 aromatic rings. The van der Waals surface area contributed by atoms with E-state index in [1.54, 1.807) is 24.3 Å². The number of methoxy groups -OCH3 is 1. The van der Waals surface area contributed by atoms with E-state index in [0.29, 0.717) is 40.6 Å². The van der Waals surface area contributed by atoms with E-state index in [9.17, 15) is 14.4 Å². The largest absolute Gasteiger partial charge is 0.493 e. The Labute approximate surface area is 191 Å². The molecule has 0 aliphatic carbocycles. The highest BCUT2D eigenvalue weighted by Crippen LogP contribution is 2.34. The molecule has 168 valence electrons. The summed E-state index contributed by atoms with van der Waals surface area (Å²) in [6, 6.07) is 12.8. The smallest absolute Gasteiger partial charge is 0.293 e. The molecular formula is C24H26N2O5S. The van der Waals surface area contributed by atoms with Crippen LogP contribution in [0, 0.1) is 0 Å². The van der Waals surface area contributed by atoms with Gasteiger partial charge in [0.15, 0.2) is 18.1 Å². The number of ether oxygens (including phenoxy) is 2. The highest BCUT2D eigenvalue weighted by Gasteiger charge is 2.34. The Balaban J connectivity index is 1.64. The number of rotatable bonds is 9. The number of anilines is 1. The molecular weight excluding hydrogens is 428 g/mol. The van der Waals surface area contributed by atoms with E-state index in [0.717, 1.165) is 18.2 Å². The fraction of sp³-hybridized carbons (Fsp3) is 0.292. The molecule has 1 aliphatic rings. The van der Waals surface area contributed by atoms with Gasteiger partial charge in [0.2, 0.25) is 0 Å². The van der Waals surface area contributed by atoms with E-state index in [1.165, 1.54) is 17.6 Å². The highest BCUT2D eigenvalue weighted by molar-refractivity contribution is 8.18. The molecule has 3 amide bonds. The lowest BCUT2D eigenvalue weighted by molar-refractivity contribution is -0.122. The van der Waals surface area contributed by atoms with E-state index in [-0.39, 0.29) is 23.7 Å². The van der Waals surface area contributed by atoms with Crippen molar-refractivity contribution in [3.8, 4) is 11.5 Å². The normalized spacial score (nSPS) is 14.7. The Hall–Kier alpha value is -3.26. The first-order chi connectivity index (χ1) is 15.4. The van der Waals surface area contributed by atoms with E-state index >= 15 is 0 Å². The molecule has 0 aromatic heterocycles. The summed E-state index contributed by atoms with van der Waals surface area (Å²) in [7, 11) is 1.50. The zero-order chi connectivity index (χ0) is 23.1. The number of carbonyl (C=O) groups excluding carboxylic acids is 3. The fourth-order valence-electron chi connectivity index (χ4n) is 3.13. The molecule has 7 nitrogen and oxygen atoms in total. The minimum Gasteiger partial charge on any atom is -0.493 e. The third-order valence-corrected chi connectivity index (χ3v) is 5.72. The summed E-state index contributed by atoms with van der Waals surface area (Å²) >= 11 is 0.925. The fourth-order valence-corrected chi connectivity index (χ4v) is 3.99. The van der Waals surface area contributed by atoms with Crippen molar-refractivity contribution in [2.75, 3.05) is 25.6 Å². The average molecular weight is 455 g/mol. The number of hydrogen-bond donors (Lipinski definition) is 1. The van der Waals surface area contributed by atoms with Crippen molar-refractivity contribution in [3.05, 3.63) is 58.5 Å². The Bertz CT molecular complexity index is 1030. The van der Waals surface area contributed by atoms with E-state index in [4.69, 9.17) is 9.47 Å². The van der Waals surface area contributed by atoms with Gasteiger partial charge in [0.1, 0.15) is 0 Å². The van der Waals surface area contributed by atoms with Crippen LogP contribution < -0.4 is 14.8 Å². The van der Waals surface area contributed by atoms with Crippen LogP contribution in [0.5, 0.6) is 11.5 Å². The molecule has 32 heavy (non-hydrogen) atoms. The SMILES string of the molecule is CCCN1C(=O)S/C(=C\c2ccc(OCC(=O)Nc3ccc(CC)cc3)c(OC)c2)C1=O. The Morgan fingerprint density at radius 1 is 1.09 bits per heavy atom. The van der Waals surface area contributed by atoms with Gasteiger partial charge in [-0.2, -0.15) is 0 Å². The lowest BCUT2D eigenvalue weighted by atomic mass is 10.1. The quantitative estimate of drug-likeness (QED) is 0.552. The summed E-state index contributed by atoms with van der Waals surface area (Å²) in [6.45, 7) is 4.21. The molecule has 0 spiro atoms. The number of nitrogens with one attached hydrogen (secondary N) is 1. The standard InChI is InChI=1S/C24H26N2O5S/c1-4-12-26-23(28)21(32-24(26)29)14-17-8-11-19(20(13-17)30-3)31-15-22(27)25-18-9-6-16(5-2)7-10-18/h6-11,13-14H,4-5,12,15H2,1-3H3,(H,25,27)/b21-14-. The van der Waals surface area contributed by atoms with Crippen LogP contribution >= 0.6 is 11.8 Å². The summed E-state index contributed by atoms with van der Waals surface area (Å²) in [4.78, 5) is 38.3. The number of benzene rings is 2. The van der Waals surface area contributed by atoms with Gasteiger partial charge in [0, 0.05) is 12.2 Å². The van der Waals surface area contributed by atoms with Crippen molar-refractivity contribution in [2.45, 2.75) is 26.7 Å². The summed E-state index contributed by atoms with van der Waals surface area (Å²) in [5, 5.41) is 2.53. The number of imide groups is 1. The molecule has 1 heterocycles. The Morgan fingerprint density at radius 3 is 2.50 bits per heavy atom. The van der Waals surface area contributed by atoms with Gasteiger partial charge in [-0.05, 0) is 66.1 Å². The molecule has 0 bridgehead atoms. The minimum absolute atomic E-state index is 0.179. The van der Waals surface area contributed by atoms with Gasteiger partial charge in [0.25, 0.3) is 17.1 Å². The molecule has 1 fully saturated rings. The van der Waals surface area contributed by atoms with E-state index < -0.39 is 0 Å². The van der Waals surface area contributed by atoms with Gasteiger partial charge in [-0.1, -0.05) is 32.0 Å². The van der Waals surface area contributed by atoms with Crippen LogP contribution in [0.15, 0.2) is 47.4 Å². The van der Waals surface area contributed by atoms with Gasteiger partial charge in [-0.15, -0.1) is 0 Å². The summed E-state index contributed by atoms with van der Waals surface area (Å²) < 4.78 is 11.0. The summed E-state index contributed by atoms with van der Waals surface area (Å²) in [5.74, 6) is 0.251. The molecule has 1 N–H and O–H groups in total. The van der Waals surface area contributed by atoms with Crippen molar-refractivity contribution in [1.82, 2.24) is 4.90 Å². The van der Waals surface area contributed by atoms with Crippen LogP contribution in [0.25, 0.3) is 6.08 Å². The molecule has 0 saturated carbocycles. The van der Waals surface area contributed by atoms with Crippen LogP contribution in [-0.4, -0.2) is 42.2 Å². The van der Waals surface area contributed by atoms with Gasteiger partial charge in [0.05, 0.1) is 12.0 Å². The average Bonchev–Trinajstić information content (AvgIpc) is 3.06. The Kier molecular flexibility index (Phi) is 7.94. The molecule has 0 radical (unpaired) electrons. The van der Waals surface area contributed by atoms with Gasteiger partial charge >= 0.3 is 0 Å². The van der Waals surface area contributed by atoms with Crippen molar-refractivity contribution in [2.24, 2.45) is 0 Å². The van der Waals surface area contributed by atoms with Crippen molar-refractivity contribution in [3.63, 3.8) is 0 Å². The molecule has 0 atom stereocenters. The maximum Gasteiger partial charge on any atom is 0.293 e. The van der Waals surface area contributed by atoms with Crippen LogP contribution in [0.2, 0.25) is 0 Å². The number of carbonyl (C=O) groups is 3. The predicted octanol–water partition coefficient (Wildman–Crippen LogP) is 4.72. The van der Waals surface area contributed by atoms with E-state index in [2.05, 4.69) is 12.2 Å². The van der Waals surface area contributed by atoms with Crippen LogP contribution in [0.3, 0.4) is 0 Å². The second-order valence-corrected chi connectivity index (χ2v) is 8.12. The highest BCUT2D eigenvalue weighted by atomic mass is 32.2. The number of aryl methyl sites for hydroxylation is 1. The van der Waals surface area contributed by atoms with Crippen LogP contribution in [-0.2, 0) is 16.0 Å². The maximum atomic E-state index is 12.4. The predicted molar refractivity (Wildman–Crippen MR) is 126 cm³/mol. The van der Waals surface area contributed by atoms with Crippen molar-refractivity contribution >= 4 is 40.6 Å². The van der Waals surface area contributed by atoms with Crippen LogP contribution in [0.1, 0.15) is 31.4 Å².